The van der Waals surface area contributed by atoms with Crippen molar-refractivity contribution < 1.29 is 32.2 Å². The molecule has 0 aliphatic heterocycles. The fourth-order valence-corrected chi connectivity index (χ4v) is 1.02. The number of alkyl halides is 3. The van der Waals surface area contributed by atoms with Crippen LogP contribution in [0.25, 0.3) is 0 Å². The zero-order valence-electron chi connectivity index (χ0n) is 8.92. The highest BCUT2D eigenvalue weighted by molar-refractivity contribution is 5.86. The van der Waals surface area contributed by atoms with Crippen LogP contribution in [0, 0.1) is 5.82 Å². The quantitative estimate of drug-likeness (QED) is 0.672. The second kappa shape index (κ2) is 5.07. The van der Waals surface area contributed by atoms with Crippen molar-refractivity contribution in [3.63, 3.8) is 0 Å². The molecular weight excluding hydrogens is 256 g/mol. The van der Waals surface area contributed by atoms with E-state index in [4.69, 9.17) is 5.11 Å². The Bertz CT molecular complexity index is 480. The van der Waals surface area contributed by atoms with E-state index in [1.54, 1.807) is 0 Å². The Hall–Kier alpha value is -2.05. The van der Waals surface area contributed by atoms with E-state index in [0.29, 0.717) is 18.2 Å². The summed E-state index contributed by atoms with van der Waals surface area (Å²) in [7, 11) is 0. The number of hydrogen-bond acceptors (Lipinski definition) is 2. The second-order valence-electron chi connectivity index (χ2n) is 3.34. The summed E-state index contributed by atoms with van der Waals surface area (Å²) in [5, 5.41) is 8.46. The highest BCUT2D eigenvalue weighted by Crippen LogP contribution is 2.32. The van der Waals surface area contributed by atoms with Crippen LogP contribution in [-0.2, 0) is 11.0 Å². The number of carboxylic acids is 1. The predicted octanol–water partition coefficient (Wildman–Crippen LogP) is 2.86. The summed E-state index contributed by atoms with van der Waals surface area (Å²) in [6.45, 7) is 2.50. The van der Waals surface area contributed by atoms with Gasteiger partial charge in [-0.05, 0) is 18.2 Å². The van der Waals surface area contributed by atoms with Crippen LogP contribution in [0.2, 0.25) is 0 Å². The van der Waals surface area contributed by atoms with Crippen molar-refractivity contribution in [1.82, 2.24) is 0 Å². The topological polar surface area (TPSA) is 46.5 Å². The van der Waals surface area contributed by atoms with Gasteiger partial charge in [0.15, 0.2) is 11.6 Å². The number of ether oxygens (including phenoxy) is 1. The van der Waals surface area contributed by atoms with Crippen molar-refractivity contribution in [2.24, 2.45) is 0 Å². The first-order chi connectivity index (χ1) is 8.21. The minimum atomic E-state index is -4.63. The largest absolute Gasteiger partial charge is 0.486 e. The zero-order valence-corrected chi connectivity index (χ0v) is 8.92. The van der Waals surface area contributed by atoms with Crippen molar-refractivity contribution >= 4 is 5.97 Å². The summed E-state index contributed by atoms with van der Waals surface area (Å²) in [6, 6.07) is 1.63. The van der Waals surface area contributed by atoms with Crippen molar-refractivity contribution in [3.8, 4) is 5.75 Å². The number of hydrogen-bond donors (Lipinski definition) is 1. The van der Waals surface area contributed by atoms with E-state index in [9.17, 15) is 22.4 Å². The number of carbonyl (C=O) groups is 1. The van der Waals surface area contributed by atoms with Crippen molar-refractivity contribution in [2.45, 2.75) is 6.18 Å². The molecule has 18 heavy (non-hydrogen) atoms. The lowest BCUT2D eigenvalue weighted by atomic mass is 10.2. The summed E-state index contributed by atoms with van der Waals surface area (Å²) >= 11 is 0. The van der Waals surface area contributed by atoms with Crippen LogP contribution in [-0.4, -0.2) is 17.7 Å². The summed E-state index contributed by atoms with van der Waals surface area (Å²) in [6.07, 6.45) is -4.63. The van der Waals surface area contributed by atoms with Gasteiger partial charge < -0.3 is 9.84 Å². The van der Waals surface area contributed by atoms with Gasteiger partial charge in [-0.1, -0.05) is 6.58 Å². The van der Waals surface area contributed by atoms with Gasteiger partial charge in [-0.15, -0.1) is 0 Å². The molecule has 1 aromatic carbocycles. The molecule has 0 unspecified atom stereocenters. The van der Waals surface area contributed by atoms with Crippen molar-refractivity contribution in [1.29, 1.82) is 0 Å². The second-order valence-corrected chi connectivity index (χ2v) is 3.34. The summed E-state index contributed by atoms with van der Waals surface area (Å²) < 4.78 is 54.8. The monoisotopic (exact) mass is 264 g/mol. The van der Waals surface area contributed by atoms with Gasteiger partial charge in [0.25, 0.3) is 0 Å². The smallest absolute Gasteiger partial charge is 0.416 e. The average molecular weight is 264 g/mol. The third-order valence-corrected chi connectivity index (χ3v) is 1.96. The van der Waals surface area contributed by atoms with Crippen molar-refractivity contribution in [3.05, 3.63) is 41.7 Å². The van der Waals surface area contributed by atoms with E-state index in [2.05, 4.69) is 11.3 Å². The Morgan fingerprint density at radius 1 is 1.39 bits per heavy atom. The van der Waals surface area contributed by atoms with Crippen LogP contribution in [0.5, 0.6) is 5.75 Å². The van der Waals surface area contributed by atoms with E-state index >= 15 is 0 Å². The molecule has 0 spiro atoms. The molecule has 0 atom stereocenters. The highest BCUT2D eigenvalue weighted by atomic mass is 19.4. The Morgan fingerprint density at radius 2 is 2.00 bits per heavy atom. The predicted molar refractivity (Wildman–Crippen MR) is 53.7 cm³/mol. The van der Waals surface area contributed by atoms with Crippen LogP contribution in [0.15, 0.2) is 30.4 Å². The highest BCUT2D eigenvalue weighted by Gasteiger charge is 2.31. The number of benzene rings is 1. The number of aliphatic carboxylic acids is 1. The van der Waals surface area contributed by atoms with Crippen LogP contribution >= 0.6 is 0 Å². The molecule has 0 aromatic heterocycles. The van der Waals surface area contributed by atoms with Gasteiger partial charge in [0.05, 0.1) is 11.1 Å². The van der Waals surface area contributed by atoms with Crippen LogP contribution in [0.1, 0.15) is 5.56 Å². The SMILES string of the molecule is C=C(COc1cc(C(F)(F)F)ccc1F)C(=O)O. The molecule has 0 bridgehead atoms. The molecule has 0 heterocycles. The summed E-state index contributed by atoms with van der Waals surface area (Å²) in [4.78, 5) is 10.4. The Kier molecular flexibility index (Phi) is 3.95. The van der Waals surface area contributed by atoms with E-state index < -0.39 is 41.5 Å². The Labute approximate surface area is 99.3 Å². The molecular formula is C11H8F4O3. The van der Waals surface area contributed by atoms with Gasteiger partial charge in [0, 0.05) is 0 Å². The molecule has 0 aliphatic carbocycles. The lowest BCUT2D eigenvalue weighted by Gasteiger charge is -2.11. The third kappa shape index (κ3) is 3.47. The Balaban J connectivity index is 2.89. The number of carboxylic acid groups (broad SMARTS) is 1. The first-order valence-corrected chi connectivity index (χ1v) is 4.62. The molecule has 0 radical (unpaired) electrons. The van der Waals surface area contributed by atoms with Crippen LogP contribution in [0.3, 0.4) is 0 Å². The number of rotatable bonds is 4. The minimum absolute atomic E-state index is 0.396. The van der Waals surface area contributed by atoms with Crippen LogP contribution in [0.4, 0.5) is 17.6 Å². The fourth-order valence-electron chi connectivity index (χ4n) is 1.02. The molecule has 1 N–H and O–H groups in total. The summed E-state index contributed by atoms with van der Waals surface area (Å²) in [5.41, 5.74) is -1.48. The molecule has 0 saturated carbocycles. The maximum atomic E-state index is 13.1. The molecule has 7 heteroatoms. The summed E-state index contributed by atoms with van der Waals surface area (Å²) in [5.74, 6) is -3.06. The average Bonchev–Trinajstić information content (AvgIpc) is 2.25. The van der Waals surface area contributed by atoms with Gasteiger partial charge in [-0.25, -0.2) is 9.18 Å². The van der Waals surface area contributed by atoms with Crippen LogP contribution < -0.4 is 4.74 Å². The van der Waals surface area contributed by atoms with E-state index in [-0.39, 0.29) is 0 Å². The van der Waals surface area contributed by atoms with Gasteiger partial charge in [0.2, 0.25) is 0 Å². The first-order valence-electron chi connectivity index (χ1n) is 4.62. The standard InChI is InChI=1S/C11H8F4O3/c1-6(10(16)17)5-18-9-4-7(11(13,14)15)2-3-8(9)12/h2-4H,1,5H2,(H,16,17). The lowest BCUT2D eigenvalue weighted by Crippen LogP contribution is -2.11. The molecule has 1 rings (SSSR count). The Morgan fingerprint density at radius 3 is 2.50 bits per heavy atom. The minimum Gasteiger partial charge on any atom is -0.486 e. The normalized spacial score (nSPS) is 11.1. The third-order valence-electron chi connectivity index (χ3n) is 1.96. The van der Waals surface area contributed by atoms with Crippen molar-refractivity contribution in [2.75, 3.05) is 6.61 Å². The maximum Gasteiger partial charge on any atom is 0.416 e. The lowest BCUT2D eigenvalue weighted by molar-refractivity contribution is -0.138. The van der Waals surface area contributed by atoms with E-state index in [0.717, 1.165) is 0 Å². The fraction of sp³-hybridized carbons (Fsp3) is 0.182. The molecule has 0 saturated heterocycles. The molecule has 1 aromatic rings. The van der Waals surface area contributed by atoms with Gasteiger partial charge in [-0.2, -0.15) is 13.2 Å². The molecule has 98 valence electrons. The molecule has 0 amide bonds. The molecule has 0 fully saturated rings. The first kappa shape index (κ1) is 14.0. The molecule has 0 aliphatic rings. The van der Waals surface area contributed by atoms with Gasteiger partial charge in [0.1, 0.15) is 6.61 Å². The van der Waals surface area contributed by atoms with Gasteiger partial charge >= 0.3 is 12.1 Å². The maximum absolute atomic E-state index is 13.1. The molecule has 3 nitrogen and oxygen atoms in total. The zero-order chi connectivity index (χ0) is 13.9. The van der Waals surface area contributed by atoms with E-state index in [1.165, 1.54) is 0 Å². The van der Waals surface area contributed by atoms with E-state index in [1.807, 2.05) is 0 Å². The van der Waals surface area contributed by atoms with Gasteiger partial charge in [-0.3, -0.25) is 0 Å². The number of halogens is 4.